The third-order valence-electron chi connectivity index (χ3n) is 3.25. The standard InChI is InChI=1S/C18H16N2S/c1-14-3-7-16(8-4-14)17-9-5-15(6-10-17)13-21-18-19-11-2-12-20-18/h2-12H,13H2,1H3. The molecule has 1 aromatic heterocycles. The molecule has 0 atom stereocenters. The highest BCUT2D eigenvalue weighted by Gasteiger charge is 2.00. The summed E-state index contributed by atoms with van der Waals surface area (Å²) in [6, 6.07) is 19.1. The normalized spacial score (nSPS) is 10.5. The molecule has 0 N–H and O–H groups in total. The zero-order valence-electron chi connectivity index (χ0n) is 11.9. The van der Waals surface area contributed by atoms with E-state index in [9.17, 15) is 0 Å². The third-order valence-corrected chi connectivity index (χ3v) is 4.20. The molecule has 21 heavy (non-hydrogen) atoms. The molecule has 0 radical (unpaired) electrons. The molecule has 1 heterocycles. The summed E-state index contributed by atoms with van der Waals surface area (Å²) >= 11 is 1.65. The van der Waals surface area contributed by atoms with Crippen molar-refractivity contribution in [3.63, 3.8) is 0 Å². The summed E-state index contributed by atoms with van der Waals surface area (Å²) in [4.78, 5) is 8.44. The SMILES string of the molecule is Cc1ccc(-c2ccc(CSc3ncccn3)cc2)cc1. The average Bonchev–Trinajstić information content (AvgIpc) is 2.55. The summed E-state index contributed by atoms with van der Waals surface area (Å²) in [5.74, 6) is 0.887. The molecule has 0 saturated carbocycles. The van der Waals surface area contributed by atoms with E-state index in [2.05, 4.69) is 65.4 Å². The van der Waals surface area contributed by atoms with Crippen LogP contribution in [-0.2, 0) is 5.75 Å². The summed E-state index contributed by atoms with van der Waals surface area (Å²) in [7, 11) is 0. The Morgan fingerprint density at radius 1 is 0.810 bits per heavy atom. The Bertz CT molecular complexity index is 692. The van der Waals surface area contributed by atoms with Crippen LogP contribution in [0.25, 0.3) is 11.1 Å². The van der Waals surface area contributed by atoms with Crippen molar-refractivity contribution in [2.75, 3.05) is 0 Å². The van der Waals surface area contributed by atoms with Gasteiger partial charge in [0.1, 0.15) is 0 Å². The molecule has 0 spiro atoms. The second kappa shape index (κ2) is 6.55. The minimum atomic E-state index is 0.820. The second-order valence-corrected chi connectivity index (χ2v) is 5.83. The van der Waals surface area contributed by atoms with E-state index < -0.39 is 0 Å². The van der Waals surface area contributed by atoms with Crippen molar-refractivity contribution in [3.05, 3.63) is 78.1 Å². The zero-order valence-corrected chi connectivity index (χ0v) is 12.7. The Morgan fingerprint density at radius 3 is 2.00 bits per heavy atom. The van der Waals surface area contributed by atoms with Gasteiger partial charge in [-0.05, 0) is 29.7 Å². The number of aromatic nitrogens is 2. The molecular formula is C18H16N2S. The number of benzene rings is 2. The number of rotatable bonds is 4. The molecule has 3 rings (SSSR count). The van der Waals surface area contributed by atoms with Gasteiger partial charge in [-0.1, -0.05) is 65.9 Å². The largest absolute Gasteiger partial charge is 0.231 e. The molecule has 104 valence electrons. The van der Waals surface area contributed by atoms with Crippen molar-refractivity contribution in [2.24, 2.45) is 0 Å². The number of hydrogen-bond acceptors (Lipinski definition) is 3. The smallest absolute Gasteiger partial charge is 0.187 e. The first-order chi connectivity index (χ1) is 10.3. The number of hydrogen-bond donors (Lipinski definition) is 0. The molecule has 3 aromatic rings. The average molecular weight is 292 g/mol. The highest BCUT2D eigenvalue weighted by Crippen LogP contribution is 2.23. The molecule has 0 bridgehead atoms. The van der Waals surface area contributed by atoms with E-state index in [1.807, 2.05) is 6.07 Å². The summed E-state index contributed by atoms with van der Waals surface area (Å²) in [5, 5.41) is 0.820. The number of aryl methyl sites for hydroxylation is 1. The molecule has 0 aliphatic carbocycles. The van der Waals surface area contributed by atoms with Crippen molar-refractivity contribution in [1.82, 2.24) is 9.97 Å². The van der Waals surface area contributed by atoms with Crippen LogP contribution in [0, 0.1) is 6.92 Å². The molecule has 0 aliphatic heterocycles. The Morgan fingerprint density at radius 2 is 1.38 bits per heavy atom. The Kier molecular flexibility index (Phi) is 4.31. The van der Waals surface area contributed by atoms with E-state index in [-0.39, 0.29) is 0 Å². The van der Waals surface area contributed by atoms with Crippen LogP contribution in [0.3, 0.4) is 0 Å². The molecule has 0 unspecified atom stereocenters. The van der Waals surface area contributed by atoms with Gasteiger partial charge in [0.2, 0.25) is 0 Å². The summed E-state index contributed by atoms with van der Waals surface area (Å²) in [6.45, 7) is 2.11. The van der Waals surface area contributed by atoms with Gasteiger partial charge in [-0.2, -0.15) is 0 Å². The maximum atomic E-state index is 4.22. The lowest BCUT2D eigenvalue weighted by atomic mass is 10.0. The van der Waals surface area contributed by atoms with E-state index >= 15 is 0 Å². The van der Waals surface area contributed by atoms with Crippen LogP contribution in [0.1, 0.15) is 11.1 Å². The minimum Gasteiger partial charge on any atom is -0.231 e. The van der Waals surface area contributed by atoms with Gasteiger partial charge in [0.15, 0.2) is 5.16 Å². The first-order valence-corrected chi connectivity index (χ1v) is 7.85. The number of thioether (sulfide) groups is 1. The van der Waals surface area contributed by atoms with E-state index in [0.717, 1.165) is 10.9 Å². The van der Waals surface area contributed by atoms with Crippen molar-refractivity contribution >= 4 is 11.8 Å². The van der Waals surface area contributed by atoms with Gasteiger partial charge >= 0.3 is 0 Å². The van der Waals surface area contributed by atoms with Gasteiger partial charge < -0.3 is 0 Å². The monoisotopic (exact) mass is 292 g/mol. The van der Waals surface area contributed by atoms with Gasteiger partial charge in [0, 0.05) is 18.1 Å². The quantitative estimate of drug-likeness (QED) is 0.513. The van der Waals surface area contributed by atoms with Crippen LogP contribution in [-0.4, -0.2) is 9.97 Å². The minimum absolute atomic E-state index is 0.820. The van der Waals surface area contributed by atoms with Crippen LogP contribution in [0.2, 0.25) is 0 Å². The first kappa shape index (κ1) is 13.8. The molecule has 0 amide bonds. The fraction of sp³-hybridized carbons (Fsp3) is 0.111. The zero-order chi connectivity index (χ0) is 14.5. The molecule has 0 aliphatic rings. The maximum Gasteiger partial charge on any atom is 0.187 e. The highest BCUT2D eigenvalue weighted by atomic mass is 32.2. The van der Waals surface area contributed by atoms with Crippen LogP contribution in [0.5, 0.6) is 0 Å². The van der Waals surface area contributed by atoms with Crippen molar-refractivity contribution in [1.29, 1.82) is 0 Å². The van der Waals surface area contributed by atoms with Crippen LogP contribution < -0.4 is 0 Å². The van der Waals surface area contributed by atoms with Gasteiger partial charge in [-0.3, -0.25) is 0 Å². The molecule has 0 fully saturated rings. The van der Waals surface area contributed by atoms with E-state index in [0.29, 0.717) is 0 Å². The third kappa shape index (κ3) is 3.70. The van der Waals surface area contributed by atoms with Gasteiger partial charge in [0.05, 0.1) is 0 Å². The lowest BCUT2D eigenvalue weighted by molar-refractivity contribution is 0.966. The Balaban J connectivity index is 1.68. The molecule has 2 nitrogen and oxygen atoms in total. The van der Waals surface area contributed by atoms with Gasteiger partial charge in [0.25, 0.3) is 0 Å². The van der Waals surface area contributed by atoms with Crippen LogP contribution in [0.4, 0.5) is 0 Å². The van der Waals surface area contributed by atoms with Crippen molar-refractivity contribution in [3.8, 4) is 11.1 Å². The van der Waals surface area contributed by atoms with Gasteiger partial charge in [-0.15, -0.1) is 0 Å². The highest BCUT2D eigenvalue weighted by molar-refractivity contribution is 7.98. The predicted molar refractivity (Wildman–Crippen MR) is 88.2 cm³/mol. The van der Waals surface area contributed by atoms with Crippen LogP contribution in [0.15, 0.2) is 72.1 Å². The Labute approximate surface area is 129 Å². The topological polar surface area (TPSA) is 25.8 Å². The second-order valence-electron chi connectivity index (χ2n) is 4.88. The number of nitrogens with zero attached hydrogens (tertiary/aromatic N) is 2. The van der Waals surface area contributed by atoms with Crippen LogP contribution >= 0.6 is 11.8 Å². The van der Waals surface area contributed by atoms with Crippen molar-refractivity contribution in [2.45, 2.75) is 17.8 Å². The van der Waals surface area contributed by atoms with Gasteiger partial charge in [-0.25, -0.2) is 9.97 Å². The molecule has 3 heteroatoms. The fourth-order valence-electron chi connectivity index (χ4n) is 2.05. The maximum absolute atomic E-state index is 4.22. The Hall–Kier alpha value is -2.13. The molecular weight excluding hydrogens is 276 g/mol. The van der Waals surface area contributed by atoms with Crippen molar-refractivity contribution < 1.29 is 0 Å². The van der Waals surface area contributed by atoms with E-state index in [1.165, 1.54) is 22.3 Å². The first-order valence-electron chi connectivity index (χ1n) is 6.87. The van der Waals surface area contributed by atoms with E-state index in [4.69, 9.17) is 0 Å². The summed E-state index contributed by atoms with van der Waals surface area (Å²) in [5.41, 5.74) is 5.07. The lowest BCUT2D eigenvalue weighted by Gasteiger charge is -2.05. The lowest BCUT2D eigenvalue weighted by Crippen LogP contribution is -1.86. The molecule has 0 saturated heterocycles. The predicted octanol–water partition coefficient (Wildman–Crippen LogP) is 4.74. The molecule has 2 aromatic carbocycles. The fourth-order valence-corrected chi connectivity index (χ4v) is 2.81. The van der Waals surface area contributed by atoms with E-state index in [1.54, 1.807) is 24.2 Å². The summed E-state index contributed by atoms with van der Waals surface area (Å²) < 4.78 is 0. The summed E-state index contributed by atoms with van der Waals surface area (Å²) in [6.07, 6.45) is 3.55.